The monoisotopic (exact) mass is 412 g/mol. The maximum atomic E-state index is 13.0. The van der Waals surface area contributed by atoms with Crippen LogP contribution in [0, 0.1) is 5.82 Å². The van der Waals surface area contributed by atoms with Crippen LogP contribution in [0.1, 0.15) is 24.1 Å². The number of aliphatic carboxylic acids is 1. The number of benzene rings is 1. The van der Waals surface area contributed by atoms with E-state index in [2.05, 4.69) is 9.88 Å². The molecule has 0 fully saturated rings. The second kappa shape index (κ2) is 10.8. The largest absolute Gasteiger partial charge is 0.478 e. The highest BCUT2D eigenvalue weighted by Gasteiger charge is 2.21. The fraction of sp³-hybridized carbons (Fsp3) is 0.304. The van der Waals surface area contributed by atoms with Crippen molar-refractivity contribution in [1.82, 2.24) is 9.88 Å². The summed E-state index contributed by atoms with van der Waals surface area (Å²) in [5.74, 6) is -0.305. The molecule has 1 N–H and O–H groups in total. The number of carbonyl (C=O) groups is 1. The highest BCUT2D eigenvalue weighted by molar-refractivity contribution is 8.03. The molecule has 0 saturated heterocycles. The van der Waals surface area contributed by atoms with E-state index in [9.17, 15) is 14.3 Å². The molecule has 0 atom stereocenters. The zero-order valence-corrected chi connectivity index (χ0v) is 17.1. The number of aromatic nitrogens is 1. The molecule has 4 nitrogen and oxygen atoms in total. The third-order valence-electron chi connectivity index (χ3n) is 4.71. The summed E-state index contributed by atoms with van der Waals surface area (Å²) in [5, 5.41) is 10.4. The van der Waals surface area contributed by atoms with Gasteiger partial charge in [0.05, 0.1) is 10.6 Å². The van der Waals surface area contributed by atoms with Crippen LogP contribution in [-0.2, 0) is 17.6 Å². The van der Waals surface area contributed by atoms with E-state index in [1.54, 1.807) is 36.2 Å². The van der Waals surface area contributed by atoms with E-state index in [0.717, 1.165) is 60.8 Å². The molecule has 0 aliphatic carbocycles. The summed E-state index contributed by atoms with van der Waals surface area (Å²) < 4.78 is 13.0. The van der Waals surface area contributed by atoms with Crippen LogP contribution in [0.3, 0.4) is 0 Å². The summed E-state index contributed by atoms with van der Waals surface area (Å²) in [6, 6.07) is 12.5. The Kier molecular flexibility index (Phi) is 7.87. The minimum absolute atomic E-state index is 0.227. The summed E-state index contributed by atoms with van der Waals surface area (Å²) in [5.41, 5.74) is 2.51. The average Bonchev–Trinajstić information content (AvgIpc) is 2.73. The number of aryl methyl sites for hydroxylation is 2. The SMILES string of the molecule is O=C(O)C1=C(SCCCc2ccc(F)cc2)N(CCCc2ccccn2)CC=C1. The van der Waals surface area contributed by atoms with Gasteiger partial charge >= 0.3 is 5.97 Å². The number of carboxylic acids is 1. The minimum Gasteiger partial charge on any atom is -0.478 e. The molecular weight excluding hydrogens is 387 g/mol. The lowest BCUT2D eigenvalue weighted by molar-refractivity contribution is -0.132. The first-order chi connectivity index (χ1) is 14.1. The van der Waals surface area contributed by atoms with Crippen molar-refractivity contribution in [3.63, 3.8) is 0 Å². The van der Waals surface area contributed by atoms with E-state index < -0.39 is 5.97 Å². The Bertz CT molecular complexity index is 866. The Morgan fingerprint density at radius 2 is 1.97 bits per heavy atom. The highest BCUT2D eigenvalue weighted by atomic mass is 32.2. The van der Waals surface area contributed by atoms with Crippen molar-refractivity contribution in [2.24, 2.45) is 0 Å². The molecular formula is C23H25FN2O2S. The predicted octanol–water partition coefficient (Wildman–Crippen LogP) is 4.69. The topological polar surface area (TPSA) is 53.4 Å². The lowest BCUT2D eigenvalue weighted by atomic mass is 10.1. The molecule has 1 aliphatic rings. The first-order valence-corrected chi connectivity index (χ1v) is 10.8. The molecule has 1 aliphatic heterocycles. The van der Waals surface area contributed by atoms with Crippen LogP contribution >= 0.6 is 11.8 Å². The summed E-state index contributed by atoms with van der Waals surface area (Å²) in [6.45, 7) is 1.51. The van der Waals surface area contributed by atoms with E-state index in [4.69, 9.17) is 0 Å². The van der Waals surface area contributed by atoms with Crippen molar-refractivity contribution in [3.05, 3.63) is 88.5 Å². The van der Waals surface area contributed by atoms with Crippen LogP contribution in [-0.4, -0.2) is 39.8 Å². The van der Waals surface area contributed by atoms with E-state index in [1.807, 2.05) is 24.3 Å². The Balaban J connectivity index is 1.55. The van der Waals surface area contributed by atoms with Gasteiger partial charge in [0.25, 0.3) is 0 Å². The molecule has 1 aromatic carbocycles. The zero-order chi connectivity index (χ0) is 20.5. The van der Waals surface area contributed by atoms with E-state index in [1.165, 1.54) is 12.1 Å². The van der Waals surface area contributed by atoms with Crippen LogP contribution in [0.15, 0.2) is 71.4 Å². The number of hydrogen-bond acceptors (Lipinski definition) is 4. The smallest absolute Gasteiger partial charge is 0.338 e. The van der Waals surface area contributed by atoms with Gasteiger partial charge in [0, 0.05) is 25.0 Å². The van der Waals surface area contributed by atoms with Crippen molar-refractivity contribution in [2.75, 3.05) is 18.8 Å². The third-order valence-corrected chi connectivity index (χ3v) is 5.95. The maximum absolute atomic E-state index is 13.0. The number of nitrogens with zero attached hydrogens (tertiary/aromatic N) is 2. The van der Waals surface area contributed by atoms with Crippen LogP contribution < -0.4 is 0 Å². The van der Waals surface area contributed by atoms with Crippen LogP contribution in [0.2, 0.25) is 0 Å². The minimum atomic E-state index is -0.892. The molecule has 1 aromatic heterocycles. The van der Waals surface area contributed by atoms with Crippen LogP contribution in [0.25, 0.3) is 0 Å². The van der Waals surface area contributed by atoms with Gasteiger partial charge in [-0.1, -0.05) is 24.3 Å². The lowest BCUT2D eigenvalue weighted by Gasteiger charge is -2.29. The second-order valence-electron chi connectivity index (χ2n) is 6.88. The third kappa shape index (κ3) is 6.46. The first kappa shape index (κ1) is 21.1. The fourth-order valence-electron chi connectivity index (χ4n) is 3.24. The molecule has 0 amide bonds. The number of hydrogen-bond donors (Lipinski definition) is 1. The molecule has 0 spiro atoms. The molecule has 152 valence electrons. The predicted molar refractivity (Wildman–Crippen MR) is 115 cm³/mol. The normalized spacial score (nSPS) is 13.8. The molecule has 29 heavy (non-hydrogen) atoms. The summed E-state index contributed by atoms with van der Waals surface area (Å²) in [4.78, 5) is 18.2. The number of thioether (sulfide) groups is 1. The van der Waals surface area contributed by atoms with Gasteiger partial charge in [0.15, 0.2) is 0 Å². The van der Waals surface area contributed by atoms with Gasteiger partial charge in [0.1, 0.15) is 5.82 Å². The molecule has 6 heteroatoms. The van der Waals surface area contributed by atoms with Crippen LogP contribution in [0.4, 0.5) is 4.39 Å². The van der Waals surface area contributed by atoms with Gasteiger partial charge in [-0.05, 0) is 67.3 Å². The van der Waals surface area contributed by atoms with Gasteiger partial charge in [-0.2, -0.15) is 0 Å². The zero-order valence-electron chi connectivity index (χ0n) is 16.3. The van der Waals surface area contributed by atoms with Gasteiger partial charge in [-0.25, -0.2) is 9.18 Å². The van der Waals surface area contributed by atoms with Crippen molar-refractivity contribution in [1.29, 1.82) is 0 Å². The van der Waals surface area contributed by atoms with Crippen molar-refractivity contribution < 1.29 is 14.3 Å². The Hall–Kier alpha value is -2.60. The van der Waals surface area contributed by atoms with E-state index >= 15 is 0 Å². The number of halogens is 1. The summed E-state index contributed by atoms with van der Waals surface area (Å²) in [6.07, 6.45) is 8.94. The maximum Gasteiger partial charge on any atom is 0.338 e. The quantitative estimate of drug-likeness (QED) is 0.574. The fourth-order valence-corrected chi connectivity index (χ4v) is 4.38. The van der Waals surface area contributed by atoms with Crippen molar-refractivity contribution in [2.45, 2.75) is 25.7 Å². The molecule has 0 bridgehead atoms. The van der Waals surface area contributed by atoms with Gasteiger partial charge in [-0.15, -0.1) is 11.8 Å². The van der Waals surface area contributed by atoms with E-state index in [-0.39, 0.29) is 5.82 Å². The summed E-state index contributed by atoms with van der Waals surface area (Å²) >= 11 is 1.59. The standard InChI is InChI=1S/C23H25FN2O2S/c24-19-12-10-18(11-13-19)6-5-17-29-22-21(23(27)28)9-4-16-26(22)15-3-8-20-7-1-2-14-25-20/h1-2,4,7,9-14H,3,5-6,8,15-17H2,(H,27,28). The number of rotatable bonds is 10. The number of pyridine rings is 1. The van der Waals surface area contributed by atoms with Crippen LogP contribution in [0.5, 0.6) is 0 Å². The summed E-state index contributed by atoms with van der Waals surface area (Å²) in [7, 11) is 0. The van der Waals surface area contributed by atoms with Crippen molar-refractivity contribution >= 4 is 17.7 Å². The van der Waals surface area contributed by atoms with Gasteiger partial charge < -0.3 is 10.0 Å². The molecule has 2 aromatic rings. The molecule has 3 rings (SSSR count). The number of carboxylic acid groups (broad SMARTS) is 1. The first-order valence-electron chi connectivity index (χ1n) is 9.79. The molecule has 0 unspecified atom stereocenters. The average molecular weight is 413 g/mol. The molecule has 0 radical (unpaired) electrons. The molecule has 2 heterocycles. The Morgan fingerprint density at radius 3 is 2.69 bits per heavy atom. The van der Waals surface area contributed by atoms with Gasteiger partial charge in [0.2, 0.25) is 0 Å². The molecule has 0 saturated carbocycles. The van der Waals surface area contributed by atoms with Crippen molar-refractivity contribution in [3.8, 4) is 0 Å². The second-order valence-corrected chi connectivity index (χ2v) is 7.96. The Labute approximate surface area is 175 Å². The lowest BCUT2D eigenvalue weighted by Crippen LogP contribution is -2.28. The Morgan fingerprint density at radius 1 is 1.14 bits per heavy atom. The highest BCUT2D eigenvalue weighted by Crippen LogP contribution is 2.29. The van der Waals surface area contributed by atoms with Gasteiger partial charge in [-0.3, -0.25) is 4.98 Å². The van der Waals surface area contributed by atoms with E-state index in [0.29, 0.717) is 5.57 Å².